The van der Waals surface area contributed by atoms with Crippen LogP contribution in [0.1, 0.15) is 47.0 Å². The van der Waals surface area contributed by atoms with Crippen LogP contribution in [-0.4, -0.2) is 54.5 Å². The Kier molecular flexibility index (Phi) is 6.27. The third kappa shape index (κ3) is 5.49. The smallest absolute Gasteiger partial charge is 0.223 e. The molecule has 0 aliphatic carbocycles. The molecular formula is C15H31N3O. The van der Waals surface area contributed by atoms with Gasteiger partial charge in [0, 0.05) is 45.2 Å². The maximum atomic E-state index is 12.2. The number of carbonyl (C=O) groups is 1. The van der Waals surface area contributed by atoms with Crippen molar-refractivity contribution in [2.24, 2.45) is 11.1 Å². The molecule has 1 rings (SSSR count). The highest BCUT2D eigenvalue weighted by Gasteiger charge is 2.27. The summed E-state index contributed by atoms with van der Waals surface area (Å²) in [4.78, 5) is 16.6. The topological polar surface area (TPSA) is 49.6 Å². The van der Waals surface area contributed by atoms with Crippen LogP contribution in [0.3, 0.4) is 0 Å². The Morgan fingerprint density at radius 1 is 1.21 bits per heavy atom. The number of hydrogen-bond donors (Lipinski definition) is 1. The van der Waals surface area contributed by atoms with Gasteiger partial charge in [-0.25, -0.2) is 0 Å². The van der Waals surface area contributed by atoms with Gasteiger partial charge in [0.15, 0.2) is 0 Å². The summed E-state index contributed by atoms with van der Waals surface area (Å²) in [5.74, 6) is 0.298. The van der Waals surface area contributed by atoms with Gasteiger partial charge in [-0.3, -0.25) is 9.69 Å². The van der Waals surface area contributed by atoms with Gasteiger partial charge < -0.3 is 10.6 Å². The Balaban J connectivity index is 2.42. The molecule has 1 fully saturated rings. The lowest BCUT2D eigenvalue weighted by atomic mass is 9.91. The maximum absolute atomic E-state index is 12.2. The number of nitrogens with zero attached hydrogens (tertiary/aromatic N) is 2. The van der Waals surface area contributed by atoms with Crippen LogP contribution in [0, 0.1) is 5.41 Å². The number of amides is 1. The fraction of sp³-hybridized carbons (Fsp3) is 0.933. The second-order valence-corrected chi connectivity index (χ2v) is 6.83. The van der Waals surface area contributed by atoms with Gasteiger partial charge in [-0.05, 0) is 11.8 Å². The van der Waals surface area contributed by atoms with Gasteiger partial charge in [0.25, 0.3) is 0 Å². The SMILES string of the molecule is CCCC(CN)N1CCN(C(=O)CC(C)(C)C)CC1. The van der Waals surface area contributed by atoms with E-state index in [0.717, 1.165) is 39.1 Å². The molecule has 0 aromatic heterocycles. The van der Waals surface area contributed by atoms with Gasteiger partial charge in [-0.15, -0.1) is 0 Å². The third-order valence-corrected chi connectivity index (χ3v) is 3.76. The van der Waals surface area contributed by atoms with Gasteiger partial charge in [0.2, 0.25) is 5.91 Å². The molecule has 2 N–H and O–H groups in total. The summed E-state index contributed by atoms with van der Waals surface area (Å²) in [6.45, 7) is 12.9. The largest absolute Gasteiger partial charge is 0.340 e. The van der Waals surface area contributed by atoms with Gasteiger partial charge in [-0.1, -0.05) is 34.1 Å². The Labute approximate surface area is 118 Å². The predicted molar refractivity (Wildman–Crippen MR) is 80.0 cm³/mol. The van der Waals surface area contributed by atoms with Crippen LogP contribution in [-0.2, 0) is 4.79 Å². The molecule has 19 heavy (non-hydrogen) atoms. The number of nitrogens with two attached hydrogens (primary N) is 1. The van der Waals surface area contributed by atoms with Crippen LogP contribution in [0.5, 0.6) is 0 Å². The molecule has 0 bridgehead atoms. The second kappa shape index (κ2) is 7.25. The summed E-state index contributed by atoms with van der Waals surface area (Å²) >= 11 is 0. The van der Waals surface area contributed by atoms with E-state index in [4.69, 9.17) is 5.73 Å². The lowest BCUT2D eigenvalue weighted by Crippen LogP contribution is -2.53. The molecule has 0 saturated carbocycles. The summed E-state index contributed by atoms with van der Waals surface area (Å²) in [6, 6.07) is 0.491. The van der Waals surface area contributed by atoms with Gasteiger partial charge >= 0.3 is 0 Å². The van der Waals surface area contributed by atoms with E-state index >= 15 is 0 Å². The molecule has 1 aliphatic heterocycles. The Bertz CT molecular complexity index is 278. The zero-order valence-corrected chi connectivity index (χ0v) is 13.1. The van der Waals surface area contributed by atoms with Crippen molar-refractivity contribution in [3.63, 3.8) is 0 Å². The van der Waals surface area contributed by atoms with Crippen molar-refractivity contribution >= 4 is 5.91 Å². The Hall–Kier alpha value is -0.610. The van der Waals surface area contributed by atoms with E-state index in [-0.39, 0.29) is 5.41 Å². The maximum Gasteiger partial charge on any atom is 0.223 e. The monoisotopic (exact) mass is 269 g/mol. The second-order valence-electron chi connectivity index (χ2n) is 6.83. The van der Waals surface area contributed by atoms with E-state index < -0.39 is 0 Å². The van der Waals surface area contributed by atoms with Crippen molar-refractivity contribution in [3.8, 4) is 0 Å². The fourth-order valence-corrected chi connectivity index (χ4v) is 2.68. The van der Waals surface area contributed by atoms with E-state index in [0.29, 0.717) is 18.4 Å². The predicted octanol–water partition coefficient (Wildman–Crippen LogP) is 1.69. The first-order chi connectivity index (χ1) is 8.87. The molecule has 1 atom stereocenters. The van der Waals surface area contributed by atoms with Gasteiger partial charge in [-0.2, -0.15) is 0 Å². The highest BCUT2D eigenvalue weighted by atomic mass is 16.2. The number of carbonyl (C=O) groups excluding carboxylic acids is 1. The summed E-state index contributed by atoms with van der Waals surface area (Å²) in [5.41, 5.74) is 5.92. The van der Waals surface area contributed by atoms with E-state index in [1.807, 2.05) is 4.90 Å². The van der Waals surface area contributed by atoms with E-state index in [1.54, 1.807) is 0 Å². The van der Waals surface area contributed by atoms with Crippen LogP contribution in [0.25, 0.3) is 0 Å². The van der Waals surface area contributed by atoms with Crippen molar-refractivity contribution in [1.29, 1.82) is 0 Å². The number of hydrogen-bond acceptors (Lipinski definition) is 3. The zero-order chi connectivity index (χ0) is 14.5. The lowest BCUT2D eigenvalue weighted by molar-refractivity contribution is -0.135. The van der Waals surface area contributed by atoms with Gasteiger partial charge in [0.1, 0.15) is 0 Å². The van der Waals surface area contributed by atoms with Crippen LogP contribution in [0.2, 0.25) is 0 Å². The average Bonchev–Trinajstić information content (AvgIpc) is 2.34. The molecular weight excluding hydrogens is 238 g/mol. The average molecular weight is 269 g/mol. The molecule has 1 amide bonds. The van der Waals surface area contributed by atoms with E-state index in [2.05, 4.69) is 32.6 Å². The van der Waals surface area contributed by atoms with Crippen LogP contribution in [0.4, 0.5) is 0 Å². The van der Waals surface area contributed by atoms with E-state index in [1.165, 1.54) is 6.42 Å². The summed E-state index contributed by atoms with van der Waals surface area (Å²) in [7, 11) is 0. The van der Waals surface area contributed by atoms with Crippen molar-refractivity contribution in [1.82, 2.24) is 9.80 Å². The van der Waals surface area contributed by atoms with Gasteiger partial charge in [0.05, 0.1) is 0 Å². The van der Waals surface area contributed by atoms with Crippen LogP contribution < -0.4 is 5.73 Å². The molecule has 4 heteroatoms. The molecule has 1 aliphatic rings. The molecule has 112 valence electrons. The molecule has 0 spiro atoms. The van der Waals surface area contributed by atoms with Crippen LogP contribution in [0.15, 0.2) is 0 Å². The van der Waals surface area contributed by atoms with Crippen molar-refractivity contribution in [2.45, 2.75) is 53.0 Å². The molecule has 1 unspecified atom stereocenters. The number of rotatable bonds is 5. The molecule has 0 aromatic carbocycles. The summed E-state index contributed by atoms with van der Waals surface area (Å²) < 4.78 is 0. The fourth-order valence-electron chi connectivity index (χ4n) is 2.68. The van der Waals surface area contributed by atoms with E-state index in [9.17, 15) is 4.79 Å². The molecule has 0 radical (unpaired) electrons. The first-order valence-electron chi connectivity index (χ1n) is 7.59. The minimum absolute atomic E-state index is 0.0796. The molecule has 0 aromatic rings. The Morgan fingerprint density at radius 3 is 2.21 bits per heavy atom. The van der Waals surface area contributed by atoms with Crippen molar-refractivity contribution < 1.29 is 4.79 Å². The minimum Gasteiger partial charge on any atom is -0.340 e. The highest BCUT2D eigenvalue weighted by molar-refractivity contribution is 5.76. The summed E-state index contributed by atoms with van der Waals surface area (Å²) in [6.07, 6.45) is 2.97. The first kappa shape index (κ1) is 16.4. The van der Waals surface area contributed by atoms with Crippen LogP contribution >= 0.6 is 0 Å². The standard InChI is InChI=1S/C15H31N3O/c1-5-6-13(12-16)17-7-9-18(10-8-17)14(19)11-15(2,3)4/h13H,5-12,16H2,1-4H3. The highest BCUT2D eigenvalue weighted by Crippen LogP contribution is 2.20. The lowest BCUT2D eigenvalue weighted by Gasteiger charge is -2.39. The van der Waals surface area contributed by atoms with Crippen molar-refractivity contribution in [3.05, 3.63) is 0 Å². The molecule has 4 nitrogen and oxygen atoms in total. The zero-order valence-electron chi connectivity index (χ0n) is 13.1. The first-order valence-corrected chi connectivity index (χ1v) is 7.59. The quantitative estimate of drug-likeness (QED) is 0.826. The third-order valence-electron chi connectivity index (χ3n) is 3.76. The minimum atomic E-state index is 0.0796. The van der Waals surface area contributed by atoms with Crippen molar-refractivity contribution in [2.75, 3.05) is 32.7 Å². The summed E-state index contributed by atoms with van der Waals surface area (Å²) in [5, 5.41) is 0. The Morgan fingerprint density at radius 2 is 1.79 bits per heavy atom. The normalized spacial score (nSPS) is 19.5. The molecule has 1 saturated heterocycles. The number of piperazine rings is 1. The molecule has 1 heterocycles.